The molecule has 0 aromatic heterocycles. The third-order valence-electron chi connectivity index (χ3n) is 3.39. The minimum atomic E-state index is -0.254. The van der Waals surface area contributed by atoms with Crippen LogP contribution < -0.4 is 20.1 Å². The number of ether oxygens (including phenoxy) is 2. The molecule has 0 aliphatic carbocycles. The Kier molecular flexibility index (Phi) is 7.31. The van der Waals surface area contributed by atoms with E-state index >= 15 is 0 Å². The first kappa shape index (κ1) is 18.3. The molecule has 2 rings (SSSR count). The lowest BCUT2D eigenvalue weighted by Gasteiger charge is -2.09. The number of amides is 2. The Morgan fingerprint density at radius 2 is 1.68 bits per heavy atom. The Labute approximate surface area is 147 Å². The molecule has 132 valence electrons. The van der Waals surface area contributed by atoms with Gasteiger partial charge in [-0.1, -0.05) is 36.4 Å². The van der Waals surface area contributed by atoms with E-state index in [1.165, 1.54) is 0 Å². The zero-order valence-electron chi connectivity index (χ0n) is 14.2. The SMILES string of the molecule is COc1cccc(OCCNC(=O)CNC(=O)Cc2ccccc2)c1. The molecule has 0 aliphatic rings. The highest BCUT2D eigenvalue weighted by atomic mass is 16.5. The predicted octanol–water partition coefficient (Wildman–Crippen LogP) is 1.55. The molecule has 0 saturated carbocycles. The molecular weight excluding hydrogens is 320 g/mol. The van der Waals surface area contributed by atoms with Crippen molar-refractivity contribution in [3.05, 3.63) is 60.2 Å². The van der Waals surface area contributed by atoms with Crippen molar-refractivity contribution in [1.29, 1.82) is 0 Å². The number of hydrogen-bond acceptors (Lipinski definition) is 4. The highest BCUT2D eigenvalue weighted by molar-refractivity contribution is 5.85. The smallest absolute Gasteiger partial charge is 0.239 e. The van der Waals surface area contributed by atoms with Crippen LogP contribution in [0.15, 0.2) is 54.6 Å². The Balaban J connectivity index is 1.60. The number of nitrogens with one attached hydrogen (secondary N) is 2. The average molecular weight is 342 g/mol. The first-order valence-corrected chi connectivity index (χ1v) is 8.01. The van der Waals surface area contributed by atoms with Gasteiger partial charge in [-0.15, -0.1) is 0 Å². The van der Waals surface area contributed by atoms with E-state index in [4.69, 9.17) is 9.47 Å². The van der Waals surface area contributed by atoms with Crippen molar-refractivity contribution in [3.63, 3.8) is 0 Å². The van der Waals surface area contributed by atoms with Gasteiger partial charge in [0.05, 0.1) is 26.6 Å². The lowest BCUT2D eigenvalue weighted by atomic mass is 10.1. The predicted molar refractivity (Wildman–Crippen MR) is 94.7 cm³/mol. The molecule has 0 radical (unpaired) electrons. The first-order valence-electron chi connectivity index (χ1n) is 8.01. The fraction of sp³-hybridized carbons (Fsp3) is 0.263. The number of benzene rings is 2. The van der Waals surface area contributed by atoms with Crippen molar-refractivity contribution in [2.24, 2.45) is 0 Å². The molecule has 2 aromatic rings. The molecule has 0 heterocycles. The minimum absolute atomic E-state index is 0.0508. The number of methoxy groups -OCH3 is 1. The summed E-state index contributed by atoms with van der Waals surface area (Å²) in [7, 11) is 1.59. The Morgan fingerprint density at radius 3 is 2.44 bits per heavy atom. The molecule has 0 atom stereocenters. The molecule has 0 fully saturated rings. The largest absolute Gasteiger partial charge is 0.497 e. The maximum absolute atomic E-state index is 11.8. The molecular formula is C19H22N2O4. The Morgan fingerprint density at radius 1 is 0.920 bits per heavy atom. The summed E-state index contributed by atoms with van der Waals surface area (Å²) in [5, 5.41) is 5.29. The van der Waals surface area contributed by atoms with Crippen LogP contribution in [0.2, 0.25) is 0 Å². The molecule has 0 bridgehead atoms. The van der Waals surface area contributed by atoms with Gasteiger partial charge < -0.3 is 20.1 Å². The average Bonchev–Trinajstić information content (AvgIpc) is 2.64. The summed E-state index contributed by atoms with van der Waals surface area (Å²) in [5.41, 5.74) is 0.909. The number of carbonyl (C=O) groups excluding carboxylic acids is 2. The van der Waals surface area contributed by atoms with Gasteiger partial charge in [-0.05, 0) is 17.7 Å². The lowest BCUT2D eigenvalue weighted by molar-refractivity contribution is -0.125. The highest BCUT2D eigenvalue weighted by Crippen LogP contribution is 2.18. The normalized spacial score (nSPS) is 9.96. The fourth-order valence-corrected chi connectivity index (χ4v) is 2.14. The van der Waals surface area contributed by atoms with Gasteiger partial charge in [-0.2, -0.15) is 0 Å². The molecule has 2 aromatic carbocycles. The molecule has 2 N–H and O–H groups in total. The molecule has 6 nitrogen and oxygen atoms in total. The van der Waals surface area contributed by atoms with Crippen LogP contribution in [-0.4, -0.2) is 38.6 Å². The summed E-state index contributed by atoms with van der Waals surface area (Å²) in [6.45, 7) is 0.631. The van der Waals surface area contributed by atoms with E-state index in [2.05, 4.69) is 10.6 Å². The van der Waals surface area contributed by atoms with Gasteiger partial charge in [0.15, 0.2) is 0 Å². The molecule has 0 unspecified atom stereocenters. The molecule has 0 spiro atoms. The van der Waals surface area contributed by atoms with Crippen LogP contribution in [0.3, 0.4) is 0 Å². The molecule has 0 saturated heterocycles. The summed E-state index contributed by atoms with van der Waals surface area (Å²) in [6, 6.07) is 16.6. The van der Waals surface area contributed by atoms with Crippen molar-refractivity contribution in [1.82, 2.24) is 10.6 Å². The lowest BCUT2D eigenvalue weighted by Crippen LogP contribution is -2.39. The van der Waals surface area contributed by atoms with E-state index < -0.39 is 0 Å². The summed E-state index contributed by atoms with van der Waals surface area (Å²) < 4.78 is 10.6. The summed E-state index contributed by atoms with van der Waals surface area (Å²) >= 11 is 0. The number of carbonyl (C=O) groups is 2. The van der Waals surface area contributed by atoms with E-state index in [1.54, 1.807) is 13.2 Å². The molecule has 2 amide bonds. The van der Waals surface area contributed by atoms with Crippen molar-refractivity contribution in [3.8, 4) is 11.5 Å². The van der Waals surface area contributed by atoms with Crippen LogP contribution >= 0.6 is 0 Å². The van der Waals surface area contributed by atoms with Crippen molar-refractivity contribution in [2.45, 2.75) is 6.42 Å². The minimum Gasteiger partial charge on any atom is -0.497 e. The second-order valence-electron chi connectivity index (χ2n) is 5.32. The third-order valence-corrected chi connectivity index (χ3v) is 3.39. The van der Waals surface area contributed by atoms with Crippen LogP contribution in [0, 0.1) is 0 Å². The van der Waals surface area contributed by atoms with Crippen molar-refractivity contribution < 1.29 is 19.1 Å². The molecule has 0 aliphatic heterocycles. The van der Waals surface area contributed by atoms with E-state index in [1.807, 2.05) is 48.5 Å². The van der Waals surface area contributed by atoms with E-state index in [9.17, 15) is 9.59 Å². The summed E-state index contributed by atoms with van der Waals surface area (Å²) in [6.07, 6.45) is 0.257. The standard InChI is InChI=1S/C19H22N2O4/c1-24-16-8-5-9-17(13-16)25-11-10-20-19(23)14-21-18(22)12-15-6-3-2-4-7-15/h2-9,13H,10-12,14H2,1H3,(H,20,23)(H,21,22). The van der Waals surface area contributed by atoms with Gasteiger partial charge in [0, 0.05) is 6.07 Å². The quantitative estimate of drug-likeness (QED) is 0.678. The number of hydrogen-bond donors (Lipinski definition) is 2. The van der Waals surface area contributed by atoms with Crippen LogP contribution in [0.4, 0.5) is 0 Å². The summed E-state index contributed by atoms with van der Waals surface area (Å²) in [4.78, 5) is 23.5. The second kappa shape index (κ2) is 9.97. The molecule has 25 heavy (non-hydrogen) atoms. The second-order valence-corrected chi connectivity index (χ2v) is 5.32. The van der Waals surface area contributed by atoms with Gasteiger partial charge in [0.25, 0.3) is 0 Å². The third kappa shape index (κ3) is 6.95. The molecule has 6 heteroatoms. The van der Waals surface area contributed by atoms with Crippen LogP contribution in [-0.2, 0) is 16.0 Å². The van der Waals surface area contributed by atoms with Gasteiger partial charge in [0.1, 0.15) is 18.1 Å². The number of rotatable bonds is 9. The van der Waals surface area contributed by atoms with Crippen molar-refractivity contribution in [2.75, 3.05) is 26.8 Å². The van der Waals surface area contributed by atoms with E-state index in [0.29, 0.717) is 24.7 Å². The van der Waals surface area contributed by atoms with Crippen LogP contribution in [0.25, 0.3) is 0 Å². The van der Waals surface area contributed by atoms with Gasteiger partial charge in [0.2, 0.25) is 11.8 Å². The van der Waals surface area contributed by atoms with E-state index in [-0.39, 0.29) is 24.8 Å². The first-order chi connectivity index (χ1) is 12.2. The van der Waals surface area contributed by atoms with E-state index in [0.717, 1.165) is 5.56 Å². The summed E-state index contributed by atoms with van der Waals surface area (Å²) in [5.74, 6) is 0.942. The monoisotopic (exact) mass is 342 g/mol. The van der Waals surface area contributed by atoms with Crippen LogP contribution in [0.5, 0.6) is 11.5 Å². The van der Waals surface area contributed by atoms with Gasteiger partial charge in [-0.25, -0.2) is 0 Å². The van der Waals surface area contributed by atoms with Gasteiger partial charge in [-0.3, -0.25) is 9.59 Å². The van der Waals surface area contributed by atoms with Crippen molar-refractivity contribution >= 4 is 11.8 Å². The zero-order valence-corrected chi connectivity index (χ0v) is 14.2. The zero-order chi connectivity index (χ0) is 17.9. The fourth-order valence-electron chi connectivity index (χ4n) is 2.14. The highest BCUT2D eigenvalue weighted by Gasteiger charge is 2.06. The van der Waals surface area contributed by atoms with Crippen LogP contribution in [0.1, 0.15) is 5.56 Å². The Hall–Kier alpha value is -3.02. The topological polar surface area (TPSA) is 76.7 Å². The Bertz CT molecular complexity index is 689. The van der Waals surface area contributed by atoms with Gasteiger partial charge >= 0.3 is 0 Å². The maximum atomic E-state index is 11.8. The maximum Gasteiger partial charge on any atom is 0.239 e.